The van der Waals surface area contributed by atoms with Crippen molar-refractivity contribution in [3.63, 3.8) is 0 Å². The van der Waals surface area contributed by atoms with E-state index in [-0.39, 0.29) is 0 Å². The minimum atomic E-state index is 0.726. The van der Waals surface area contributed by atoms with Gasteiger partial charge in [0.25, 0.3) is 0 Å². The Balaban J connectivity index is 2.20. The van der Waals surface area contributed by atoms with Crippen LogP contribution in [0.15, 0.2) is 0 Å². The van der Waals surface area contributed by atoms with Crippen molar-refractivity contribution in [2.24, 2.45) is 5.41 Å². The number of rotatable bonds is 2. The van der Waals surface area contributed by atoms with E-state index in [1.54, 1.807) is 0 Å². The topological polar surface area (TPSA) is 0 Å². The van der Waals surface area contributed by atoms with Crippen LogP contribution in [0.5, 0.6) is 0 Å². The predicted octanol–water partition coefficient (Wildman–Crippen LogP) is 2.96. The van der Waals surface area contributed by atoms with Crippen LogP contribution < -0.4 is 0 Å². The largest absolute Gasteiger partial charge is 0.0928 e. The van der Waals surface area contributed by atoms with Crippen molar-refractivity contribution in [3.8, 4) is 0 Å². The first-order valence-corrected chi connectivity index (χ1v) is 4.45. The molecule has 0 atom stereocenters. The Morgan fingerprint density at radius 2 is 2.12 bits per heavy atom. The maximum atomic E-state index is 3.46. The Hall–Kier alpha value is 0.480. The number of halogens is 1. The quantitative estimate of drug-likeness (QED) is 0.569. The molecule has 0 N–H and O–H groups in total. The molecule has 1 rings (SSSR count). The second-order valence-electron chi connectivity index (χ2n) is 3.10. The Morgan fingerprint density at radius 3 is 2.25 bits per heavy atom. The molecule has 1 saturated carbocycles. The van der Waals surface area contributed by atoms with Crippen molar-refractivity contribution >= 4 is 15.9 Å². The molecule has 0 saturated heterocycles. The first kappa shape index (κ1) is 6.60. The maximum absolute atomic E-state index is 3.46. The smallest absolute Gasteiger partial charge is 0.00364 e. The standard InChI is InChI=1S/C7H13Br/c1-7(5-6-8)3-2-4-7/h2-6H2,1H3. The van der Waals surface area contributed by atoms with Crippen LogP contribution >= 0.6 is 15.9 Å². The zero-order valence-corrected chi connectivity index (χ0v) is 7.00. The molecule has 1 aliphatic carbocycles. The van der Waals surface area contributed by atoms with Gasteiger partial charge in [0, 0.05) is 5.33 Å². The monoisotopic (exact) mass is 176 g/mol. The van der Waals surface area contributed by atoms with E-state index >= 15 is 0 Å². The van der Waals surface area contributed by atoms with E-state index in [0.717, 1.165) is 5.41 Å². The summed E-state index contributed by atoms with van der Waals surface area (Å²) in [5.41, 5.74) is 0.726. The highest BCUT2D eigenvalue weighted by Crippen LogP contribution is 2.43. The van der Waals surface area contributed by atoms with Gasteiger partial charge in [0.1, 0.15) is 0 Å². The molecule has 0 amide bonds. The first-order valence-electron chi connectivity index (χ1n) is 3.33. The summed E-state index contributed by atoms with van der Waals surface area (Å²) < 4.78 is 0. The second kappa shape index (κ2) is 2.38. The molecule has 0 spiro atoms. The summed E-state index contributed by atoms with van der Waals surface area (Å²) in [4.78, 5) is 0. The summed E-state index contributed by atoms with van der Waals surface area (Å²) in [6, 6.07) is 0. The van der Waals surface area contributed by atoms with E-state index in [2.05, 4.69) is 22.9 Å². The SMILES string of the molecule is CC1(CCBr)CCC1. The van der Waals surface area contributed by atoms with Crippen molar-refractivity contribution in [1.29, 1.82) is 0 Å². The highest BCUT2D eigenvalue weighted by molar-refractivity contribution is 9.09. The molecule has 1 aliphatic rings. The summed E-state index contributed by atoms with van der Waals surface area (Å²) >= 11 is 3.46. The van der Waals surface area contributed by atoms with Crippen LogP contribution in [0.25, 0.3) is 0 Å². The molecule has 0 unspecified atom stereocenters. The van der Waals surface area contributed by atoms with E-state index in [0.29, 0.717) is 0 Å². The molecular formula is C7H13Br. The van der Waals surface area contributed by atoms with E-state index in [1.807, 2.05) is 0 Å². The van der Waals surface area contributed by atoms with E-state index in [4.69, 9.17) is 0 Å². The molecule has 1 fully saturated rings. The maximum Gasteiger partial charge on any atom is 0.00364 e. The van der Waals surface area contributed by atoms with Gasteiger partial charge in [-0.2, -0.15) is 0 Å². The summed E-state index contributed by atoms with van der Waals surface area (Å²) in [5.74, 6) is 0. The molecule has 48 valence electrons. The molecule has 0 aliphatic heterocycles. The molecule has 0 bridgehead atoms. The van der Waals surface area contributed by atoms with Gasteiger partial charge in [0.05, 0.1) is 0 Å². The summed E-state index contributed by atoms with van der Waals surface area (Å²) in [6.07, 6.45) is 5.74. The lowest BCUT2D eigenvalue weighted by atomic mass is 9.69. The van der Waals surface area contributed by atoms with Gasteiger partial charge in [-0.15, -0.1) is 0 Å². The summed E-state index contributed by atoms with van der Waals surface area (Å²) in [6.45, 7) is 2.39. The zero-order valence-electron chi connectivity index (χ0n) is 5.41. The van der Waals surface area contributed by atoms with Crippen molar-refractivity contribution < 1.29 is 0 Å². The number of hydrogen-bond donors (Lipinski definition) is 0. The number of hydrogen-bond acceptors (Lipinski definition) is 0. The highest BCUT2D eigenvalue weighted by Gasteiger charge is 2.30. The van der Waals surface area contributed by atoms with Gasteiger partial charge in [-0.25, -0.2) is 0 Å². The molecule has 0 aromatic heterocycles. The van der Waals surface area contributed by atoms with Gasteiger partial charge in [-0.05, 0) is 24.7 Å². The molecule has 1 heteroatoms. The van der Waals surface area contributed by atoms with Crippen LogP contribution in [0.4, 0.5) is 0 Å². The lowest BCUT2D eigenvalue weighted by molar-refractivity contribution is 0.157. The Bertz CT molecular complexity index is 74.5. The Labute approximate surface area is 59.8 Å². The van der Waals surface area contributed by atoms with Gasteiger partial charge in [-0.1, -0.05) is 29.3 Å². The normalized spacial score (nSPS) is 24.8. The molecule has 0 nitrogen and oxygen atoms in total. The van der Waals surface area contributed by atoms with Crippen molar-refractivity contribution in [3.05, 3.63) is 0 Å². The van der Waals surface area contributed by atoms with Crippen LogP contribution in [-0.4, -0.2) is 5.33 Å². The Morgan fingerprint density at radius 1 is 1.50 bits per heavy atom. The first-order chi connectivity index (χ1) is 3.77. The Kier molecular flexibility index (Phi) is 1.97. The average molecular weight is 177 g/mol. The fraction of sp³-hybridized carbons (Fsp3) is 1.00. The average Bonchev–Trinajstić information content (AvgIpc) is 1.64. The van der Waals surface area contributed by atoms with Crippen LogP contribution in [0.2, 0.25) is 0 Å². The minimum Gasteiger partial charge on any atom is -0.0928 e. The molecule has 8 heavy (non-hydrogen) atoms. The third kappa shape index (κ3) is 1.25. The fourth-order valence-corrected chi connectivity index (χ4v) is 2.22. The molecule has 0 radical (unpaired) electrons. The predicted molar refractivity (Wildman–Crippen MR) is 40.4 cm³/mol. The number of alkyl halides is 1. The minimum absolute atomic E-state index is 0.726. The van der Waals surface area contributed by atoms with Crippen molar-refractivity contribution in [1.82, 2.24) is 0 Å². The summed E-state index contributed by atoms with van der Waals surface area (Å²) in [5, 5.41) is 1.18. The van der Waals surface area contributed by atoms with E-state index < -0.39 is 0 Å². The van der Waals surface area contributed by atoms with E-state index in [1.165, 1.54) is 31.0 Å². The molecular weight excluding hydrogens is 164 g/mol. The van der Waals surface area contributed by atoms with Gasteiger partial charge in [0.15, 0.2) is 0 Å². The van der Waals surface area contributed by atoms with Crippen LogP contribution in [0, 0.1) is 5.41 Å². The van der Waals surface area contributed by atoms with Crippen LogP contribution in [0.3, 0.4) is 0 Å². The van der Waals surface area contributed by atoms with Crippen LogP contribution in [0.1, 0.15) is 32.6 Å². The fourth-order valence-electron chi connectivity index (χ4n) is 1.26. The molecule has 0 aromatic carbocycles. The lowest BCUT2D eigenvalue weighted by Crippen LogP contribution is -2.25. The van der Waals surface area contributed by atoms with Crippen molar-refractivity contribution in [2.45, 2.75) is 32.6 Å². The van der Waals surface area contributed by atoms with Gasteiger partial charge < -0.3 is 0 Å². The molecule has 0 aromatic rings. The molecule has 0 heterocycles. The second-order valence-corrected chi connectivity index (χ2v) is 3.90. The third-order valence-electron chi connectivity index (χ3n) is 2.26. The van der Waals surface area contributed by atoms with Crippen LogP contribution in [-0.2, 0) is 0 Å². The van der Waals surface area contributed by atoms with Crippen molar-refractivity contribution in [2.75, 3.05) is 5.33 Å². The third-order valence-corrected chi connectivity index (χ3v) is 2.66. The van der Waals surface area contributed by atoms with E-state index in [9.17, 15) is 0 Å². The van der Waals surface area contributed by atoms with Gasteiger partial charge in [0.2, 0.25) is 0 Å². The zero-order chi connectivity index (χ0) is 6.04. The lowest BCUT2D eigenvalue weighted by Gasteiger charge is -2.37. The highest BCUT2D eigenvalue weighted by atomic mass is 79.9. The summed E-state index contributed by atoms with van der Waals surface area (Å²) in [7, 11) is 0. The van der Waals surface area contributed by atoms with Gasteiger partial charge in [-0.3, -0.25) is 0 Å². The van der Waals surface area contributed by atoms with Gasteiger partial charge >= 0.3 is 0 Å².